The molecule has 10 heteroatoms. The van der Waals surface area contributed by atoms with Gasteiger partial charge in [-0.2, -0.15) is 0 Å². The van der Waals surface area contributed by atoms with E-state index in [9.17, 15) is 9.59 Å². The molecule has 1 aliphatic rings. The summed E-state index contributed by atoms with van der Waals surface area (Å²) in [5.74, 6) is 0.867. The molecule has 0 aliphatic carbocycles. The minimum atomic E-state index is -0.590. The molecule has 4 rings (SSSR count). The summed E-state index contributed by atoms with van der Waals surface area (Å²) in [4.78, 5) is 27.9. The minimum Gasteiger partial charge on any atom is -0.493 e. The molecule has 0 fully saturated rings. The summed E-state index contributed by atoms with van der Waals surface area (Å²) in [5, 5.41) is 3.20. The second-order valence-corrected chi connectivity index (χ2v) is 8.26. The van der Waals surface area contributed by atoms with Crippen LogP contribution in [0.3, 0.4) is 0 Å². The number of hydrogen-bond acceptors (Lipinski definition) is 6. The van der Waals surface area contributed by atoms with Crippen LogP contribution >= 0.6 is 23.4 Å². The molecule has 1 aliphatic heterocycles. The molecule has 0 saturated carbocycles. The topological polar surface area (TPSA) is 108 Å². The lowest BCUT2D eigenvalue weighted by Gasteiger charge is -2.20. The maximum atomic E-state index is 12.3. The van der Waals surface area contributed by atoms with Crippen LogP contribution < -0.4 is 20.5 Å². The van der Waals surface area contributed by atoms with Crippen LogP contribution in [0.15, 0.2) is 48.8 Å². The van der Waals surface area contributed by atoms with Crippen molar-refractivity contribution in [1.82, 2.24) is 9.55 Å². The molecule has 2 aromatic carbocycles. The molecule has 31 heavy (non-hydrogen) atoms. The number of hydrogen-bond donors (Lipinski definition) is 2. The Morgan fingerprint density at radius 1 is 1.32 bits per heavy atom. The fourth-order valence-corrected chi connectivity index (χ4v) is 4.61. The average Bonchev–Trinajstić information content (AvgIpc) is 3.08. The quantitative estimate of drug-likeness (QED) is 0.587. The predicted octanol–water partition coefficient (Wildman–Crippen LogP) is 3.17. The van der Waals surface area contributed by atoms with Gasteiger partial charge in [-0.15, -0.1) is 11.8 Å². The number of nitrogens with one attached hydrogen (secondary N) is 1. The van der Waals surface area contributed by atoms with E-state index < -0.39 is 5.91 Å². The SMILES string of the molecule is COc1ccc([C@@H]2SCC(=O)Nc3ncn(-c4cccc(Cl)c4)c32)cc1OCC(N)=O. The predicted molar refractivity (Wildman–Crippen MR) is 119 cm³/mol. The number of methoxy groups -OCH3 is 1. The first-order chi connectivity index (χ1) is 15.0. The summed E-state index contributed by atoms with van der Waals surface area (Å²) in [7, 11) is 1.52. The Labute approximate surface area is 187 Å². The lowest BCUT2D eigenvalue weighted by molar-refractivity contribution is -0.120. The number of imidazole rings is 1. The van der Waals surface area contributed by atoms with E-state index in [0.29, 0.717) is 22.3 Å². The highest BCUT2D eigenvalue weighted by molar-refractivity contribution is 8.00. The number of benzene rings is 2. The average molecular weight is 459 g/mol. The number of thioether (sulfide) groups is 1. The number of carbonyl (C=O) groups is 2. The first-order valence-corrected chi connectivity index (χ1v) is 10.7. The zero-order chi connectivity index (χ0) is 22.0. The van der Waals surface area contributed by atoms with Gasteiger partial charge < -0.3 is 20.5 Å². The van der Waals surface area contributed by atoms with Crippen LogP contribution in [0, 0.1) is 0 Å². The number of nitrogens with zero attached hydrogens (tertiary/aromatic N) is 2. The number of halogens is 1. The monoisotopic (exact) mass is 458 g/mol. The van der Waals surface area contributed by atoms with E-state index in [4.69, 9.17) is 26.8 Å². The number of carbonyl (C=O) groups excluding carboxylic acids is 2. The van der Waals surface area contributed by atoms with Gasteiger partial charge in [0.1, 0.15) is 6.33 Å². The van der Waals surface area contributed by atoms with Gasteiger partial charge in [0.2, 0.25) is 5.91 Å². The summed E-state index contributed by atoms with van der Waals surface area (Å²) >= 11 is 7.65. The number of anilines is 1. The van der Waals surface area contributed by atoms with Gasteiger partial charge in [0.15, 0.2) is 23.9 Å². The standard InChI is InChI=1S/C21H19ClN4O4S/c1-29-15-6-5-12(7-16(15)30-9-17(23)27)20-19-21(25-18(28)10-31-20)24-11-26(19)14-4-2-3-13(22)8-14/h2-8,11,20H,9-10H2,1H3,(H2,23,27)(H,25,28)/t20-/m0/s1. The van der Waals surface area contributed by atoms with Crippen molar-refractivity contribution in [2.75, 3.05) is 24.8 Å². The largest absolute Gasteiger partial charge is 0.493 e. The summed E-state index contributed by atoms with van der Waals surface area (Å²) in [6.07, 6.45) is 1.66. The Morgan fingerprint density at radius 2 is 2.16 bits per heavy atom. The van der Waals surface area contributed by atoms with E-state index in [0.717, 1.165) is 16.9 Å². The third kappa shape index (κ3) is 4.47. The van der Waals surface area contributed by atoms with E-state index in [-0.39, 0.29) is 23.5 Å². The highest BCUT2D eigenvalue weighted by atomic mass is 35.5. The van der Waals surface area contributed by atoms with Crippen molar-refractivity contribution in [2.24, 2.45) is 5.73 Å². The van der Waals surface area contributed by atoms with Gasteiger partial charge in [-0.05, 0) is 35.9 Å². The van der Waals surface area contributed by atoms with Crippen LogP contribution in [0.4, 0.5) is 5.82 Å². The van der Waals surface area contributed by atoms with Gasteiger partial charge in [0.05, 0.1) is 23.8 Å². The summed E-state index contributed by atoms with van der Waals surface area (Å²) in [6.45, 7) is -0.274. The van der Waals surface area contributed by atoms with E-state index in [1.165, 1.54) is 18.9 Å². The van der Waals surface area contributed by atoms with Crippen molar-refractivity contribution < 1.29 is 19.1 Å². The molecule has 160 valence electrons. The lowest BCUT2D eigenvalue weighted by Crippen LogP contribution is -2.20. The van der Waals surface area contributed by atoms with E-state index in [2.05, 4.69) is 10.3 Å². The van der Waals surface area contributed by atoms with E-state index in [1.54, 1.807) is 24.5 Å². The number of nitrogens with two attached hydrogens (primary N) is 1. The third-order valence-corrected chi connectivity index (χ3v) is 6.13. The molecule has 2 amide bonds. The highest BCUT2D eigenvalue weighted by Crippen LogP contribution is 2.44. The molecule has 0 spiro atoms. The van der Waals surface area contributed by atoms with E-state index in [1.807, 2.05) is 28.8 Å². The third-order valence-electron chi connectivity index (χ3n) is 4.64. The minimum absolute atomic E-state index is 0.135. The first kappa shape index (κ1) is 21.1. The van der Waals surface area contributed by atoms with Crippen LogP contribution in [0.25, 0.3) is 5.69 Å². The molecule has 0 saturated heterocycles. The Kier molecular flexibility index (Phi) is 6.06. The molecular weight excluding hydrogens is 440 g/mol. The number of amides is 2. The molecular formula is C21H19ClN4O4S. The number of primary amides is 1. The van der Waals surface area contributed by atoms with Crippen molar-refractivity contribution in [3.8, 4) is 17.2 Å². The lowest BCUT2D eigenvalue weighted by atomic mass is 10.1. The number of fused-ring (bicyclic) bond motifs is 1. The Bertz CT molecular complexity index is 1150. The molecule has 1 aromatic heterocycles. The van der Waals surface area contributed by atoms with Gasteiger partial charge >= 0.3 is 0 Å². The van der Waals surface area contributed by atoms with Crippen molar-refractivity contribution in [3.05, 3.63) is 65.1 Å². The van der Waals surface area contributed by atoms with Crippen molar-refractivity contribution in [2.45, 2.75) is 5.25 Å². The maximum Gasteiger partial charge on any atom is 0.255 e. The fraction of sp³-hybridized carbons (Fsp3) is 0.190. The maximum absolute atomic E-state index is 12.3. The van der Waals surface area contributed by atoms with Gasteiger partial charge in [-0.1, -0.05) is 23.7 Å². The van der Waals surface area contributed by atoms with Crippen LogP contribution in [0.2, 0.25) is 5.02 Å². The fourth-order valence-electron chi connectivity index (χ4n) is 3.31. The van der Waals surface area contributed by atoms with Crippen molar-refractivity contribution >= 4 is 41.0 Å². The second kappa shape index (κ2) is 8.91. The highest BCUT2D eigenvalue weighted by Gasteiger charge is 2.30. The molecule has 3 N–H and O–H groups in total. The Hall–Kier alpha value is -3.17. The van der Waals surface area contributed by atoms with Gasteiger partial charge in [0.25, 0.3) is 5.91 Å². The molecule has 0 unspecified atom stereocenters. The smallest absolute Gasteiger partial charge is 0.255 e. The van der Waals surface area contributed by atoms with Crippen LogP contribution in [-0.4, -0.2) is 40.8 Å². The molecule has 0 bridgehead atoms. The van der Waals surface area contributed by atoms with Crippen LogP contribution in [0.1, 0.15) is 16.5 Å². The zero-order valence-electron chi connectivity index (χ0n) is 16.5. The number of aromatic nitrogens is 2. The van der Waals surface area contributed by atoms with Crippen molar-refractivity contribution in [3.63, 3.8) is 0 Å². The molecule has 8 nitrogen and oxygen atoms in total. The number of rotatable bonds is 6. The van der Waals surface area contributed by atoms with Crippen molar-refractivity contribution in [1.29, 1.82) is 0 Å². The second-order valence-electron chi connectivity index (χ2n) is 6.73. The van der Waals surface area contributed by atoms with Gasteiger partial charge in [-0.3, -0.25) is 14.2 Å². The molecule has 1 atom stereocenters. The number of ether oxygens (including phenoxy) is 2. The van der Waals surface area contributed by atoms with Gasteiger partial charge in [-0.25, -0.2) is 4.98 Å². The Balaban J connectivity index is 1.81. The molecule has 3 aromatic rings. The first-order valence-electron chi connectivity index (χ1n) is 9.30. The van der Waals surface area contributed by atoms with Crippen LogP contribution in [0.5, 0.6) is 11.5 Å². The summed E-state index contributed by atoms with van der Waals surface area (Å²) in [6, 6.07) is 12.8. The Morgan fingerprint density at radius 3 is 2.90 bits per heavy atom. The zero-order valence-corrected chi connectivity index (χ0v) is 18.1. The van der Waals surface area contributed by atoms with Crippen LogP contribution in [-0.2, 0) is 9.59 Å². The normalized spacial score (nSPS) is 15.5. The molecule has 0 radical (unpaired) electrons. The summed E-state index contributed by atoms with van der Waals surface area (Å²) in [5.41, 5.74) is 7.69. The molecule has 2 heterocycles. The summed E-state index contributed by atoms with van der Waals surface area (Å²) < 4.78 is 12.8. The van der Waals surface area contributed by atoms with E-state index >= 15 is 0 Å². The van der Waals surface area contributed by atoms with Gasteiger partial charge in [0, 0.05) is 10.7 Å².